The third-order valence-electron chi connectivity index (χ3n) is 2.45. The van der Waals surface area contributed by atoms with Gasteiger partial charge in [0.2, 0.25) is 0 Å². The van der Waals surface area contributed by atoms with Gasteiger partial charge in [0.1, 0.15) is 5.69 Å². The summed E-state index contributed by atoms with van der Waals surface area (Å²) in [6.45, 7) is 5.61. The molecular weight excluding hydrogens is 246 g/mol. The summed E-state index contributed by atoms with van der Waals surface area (Å²) in [7, 11) is 1.62. The second-order valence-corrected chi connectivity index (χ2v) is 4.74. The Hall–Kier alpha value is -1.69. The molecule has 1 heterocycles. The molecule has 0 unspecified atom stereocenters. The first-order valence-electron chi connectivity index (χ1n) is 6.40. The van der Waals surface area contributed by atoms with E-state index in [4.69, 9.17) is 4.74 Å². The first kappa shape index (κ1) is 15.4. The number of ether oxygens (including phenoxy) is 1. The molecule has 0 spiro atoms. The predicted octanol–water partition coefficient (Wildman–Crippen LogP) is 0.666. The highest BCUT2D eigenvalue weighted by Crippen LogP contribution is 1.96. The zero-order chi connectivity index (χ0) is 14.3. The Labute approximate surface area is 112 Å². The van der Waals surface area contributed by atoms with Crippen LogP contribution in [0.15, 0.2) is 16.9 Å². The van der Waals surface area contributed by atoms with E-state index in [1.807, 2.05) is 13.8 Å². The highest BCUT2D eigenvalue weighted by atomic mass is 16.5. The summed E-state index contributed by atoms with van der Waals surface area (Å²) in [5.74, 6) is 0.0267. The van der Waals surface area contributed by atoms with E-state index in [9.17, 15) is 9.59 Å². The minimum atomic E-state index is -0.270. The highest BCUT2D eigenvalue weighted by molar-refractivity contribution is 5.91. The minimum absolute atomic E-state index is 0.190. The third-order valence-corrected chi connectivity index (χ3v) is 2.45. The van der Waals surface area contributed by atoms with Crippen molar-refractivity contribution in [3.63, 3.8) is 0 Å². The van der Waals surface area contributed by atoms with Gasteiger partial charge in [-0.15, -0.1) is 0 Å². The topological polar surface area (TPSA) is 73.2 Å². The Morgan fingerprint density at radius 1 is 1.47 bits per heavy atom. The zero-order valence-corrected chi connectivity index (χ0v) is 11.7. The number of nitrogens with zero attached hydrogens (tertiary/aromatic N) is 2. The normalized spacial score (nSPS) is 10.7. The molecule has 0 aromatic carbocycles. The molecule has 0 aliphatic rings. The van der Waals surface area contributed by atoms with Crippen molar-refractivity contribution in [2.24, 2.45) is 5.92 Å². The quantitative estimate of drug-likeness (QED) is 0.737. The van der Waals surface area contributed by atoms with E-state index < -0.39 is 0 Å². The van der Waals surface area contributed by atoms with Gasteiger partial charge in [0, 0.05) is 32.9 Å². The number of aromatic nitrogens is 2. The van der Waals surface area contributed by atoms with Gasteiger partial charge in [-0.05, 0) is 18.4 Å². The Morgan fingerprint density at radius 3 is 2.84 bits per heavy atom. The number of hydrogen-bond acceptors (Lipinski definition) is 4. The van der Waals surface area contributed by atoms with Gasteiger partial charge < -0.3 is 10.1 Å². The average molecular weight is 267 g/mol. The number of rotatable bonds is 7. The molecule has 19 heavy (non-hydrogen) atoms. The van der Waals surface area contributed by atoms with Crippen LogP contribution in [0.25, 0.3) is 0 Å². The monoisotopic (exact) mass is 267 g/mol. The first-order chi connectivity index (χ1) is 9.04. The van der Waals surface area contributed by atoms with Gasteiger partial charge in [0.05, 0.1) is 0 Å². The van der Waals surface area contributed by atoms with Crippen molar-refractivity contribution >= 4 is 5.91 Å². The van der Waals surface area contributed by atoms with Crippen molar-refractivity contribution in [2.75, 3.05) is 20.3 Å². The van der Waals surface area contributed by atoms with Crippen molar-refractivity contribution in [1.29, 1.82) is 0 Å². The minimum Gasteiger partial charge on any atom is -0.385 e. The van der Waals surface area contributed by atoms with Gasteiger partial charge in [0.15, 0.2) is 0 Å². The smallest absolute Gasteiger partial charge is 0.271 e. The van der Waals surface area contributed by atoms with E-state index in [0.29, 0.717) is 25.6 Å². The van der Waals surface area contributed by atoms with E-state index in [2.05, 4.69) is 10.4 Å². The standard InChI is InChI=1S/C13H21N3O3/c1-10(2)9-16-12(17)6-5-11(15-16)13(18)14-7-4-8-19-3/h5-6,10H,4,7-9H2,1-3H3,(H,14,18). The molecule has 1 rings (SSSR count). The van der Waals surface area contributed by atoms with Gasteiger partial charge in [-0.3, -0.25) is 9.59 Å². The predicted molar refractivity (Wildman–Crippen MR) is 72.2 cm³/mol. The SMILES string of the molecule is COCCCNC(=O)c1ccc(=O)n(CC(C)C)n1. The summed E-state index contributed by atoms with van der Waals surface area (Å²) in [6, 6.07) is 2.82. The Morgan fingerprint density at radius 2 is 2.21 bits per heavy atom. The third kappa shape index (κ3) is 5.21. The average Bonchev–Trinajstić information content (AvgIpc) is 2.36. The van der Waals surface area contributed by atoms with Gasteiger partial charge >= 0.3 is 0 Å². The zero-order valence-electron chi connectivity index (χ0n) is 11.7. The molecule has 0 radical (unpaired) electrons. The molecule has 6 heteroatoms. The molecule has 0 saturated carbocycles. The summed E-state index contributed by atoms with van der Waals surface area (Å²) in [5, 5.41) is 6.81. The van der Waals surface area contributed by atoms with E-state index in [1.54, 1.807) is 7.11 Å². The fourth-order valence-electron chi connectivity index (χ4n) is 1.56. The van der Waals surface area contributed by atoms with Crippen molar-refractivity contribution < 1.29 is 9.53 Å². The lowest BCUT2D eigenvalue weighted by Gasteiger charge is -2.09. The second kappa shape index (κ2) is 7.68. The lowest BCUT2D eigenvalue weighted by Crippen LogP contribution is -2.31. The Kier molecular flexibility index (Phi) is 6.21. The number of methoxy groups -OCH3 is 1. The van der Waals surface area contributed by atoms with Crippen molar-refractivity contribution in [3.05, 3.63) is 28.2 Å². The van der Waals surface area contributed by atoms with Crippen molar-refractivity contribution in [3.8, 4) is 0 Å². The molecule has 106 valence electrons. The molecule has 1 aromatic heterocycles. The summed E-state index contributed by atoms with van der Waals surface area (Å²) in [5.41, 5.74) is 0.0716. The molecule has 0 saturated heterocycles. The first-order valence-corrected chi connectivity index (χ1v) is 6.40. The van der Waals surface area contributed by atoms with Gasteiger partial charge in [-0.25, -0.2) is 4.68 Å². The van der Waals surface area contributed by atoms with Crippen molar-refractivity contribution in [1.82, 2.24) is 15.1 Å². The fraction of sp³-hybridized carbons (Fsp3) is 0.615. The van der Waals surface area contributed by atoms with Crippen LogP contribution in [0.2, 0.25) is 0 Å². The molecule has 0 aliphatic heterocycles. The van der Waals surface area contributed by atoms with Crippen LogP contribution in [-0.2, 0) is 11.3 Å². The van der Waals surface area contributed by atoms with E-state index in [0.717, 1.165) is 6.42 Å². The van der Waals surface area contributed by atoms with Gasteiger partial charge in [-0.2, -0.15) is 5.10 Å². The van der Waals surface area contributed by atoms with E-state index >= 15 is 0 Å². The van der Waals surface area contributed by atoms with Crippen LogP contribution >= 0.6 is 0 Å². The van der Waals surface area contributed by atoms with Crippen LogP contribution in [0, 0.1) is 5.92 Å². The number of hydrogen-bond donors (Lipinski definition) is 1. The van der Waals surface area contributed by atoms with Gasteiger partial charge in [0.25, 0.3) is 11.5 Å². The number of amides is 1. The van der Waals surface area contributed by atoms with Crippen LogP contribution in [0.3, 0.4) is 0 Å². The van der Waals surface area contributed by atoms with Crippen LogP contribution in [0.4, 0.5) is 0 Å². The van der Waals surface area contributed by atoms with Crippen molar-refractivity contribution in [2.45, 2.75) is 26.8 Å². The molecule has 1 N–H and O–H groups in total. The van der Waals surface area contributed by atoms with E-state index in [-0.39, 0.29) is 17.2 Å². The fourth-order valence-corrected chi connectivity index (χ4v) is 1.56. The lowest BCUT2D eigenvalue weighted by molar-refractivity contribution is 0.0940. The largest absolute Gasteiger partial charge is 0.385 e. The molecule has 0 atom stereocenters. The van der Waals surface area contributed by atoms with Crippen LogP contribution in [0.5, 0.6) is 0 Å². The molecule has 6 nitrogen and oxygen atoms in total. The number of carbonyl (C=O) groups excluding carboxylic acids is 1. The van der Waals surface area contributed by atoms with Crippen LogP contribution in [0.1, 0.15) is 30.8 Å². The van der Waals surface area contributed by atoms with E-state index in [1.165, 1.54) is 16.8 Å². The summed E-state index contributed by atoms with van der Waals surface area (Å²) >= 11 is 0. The number of nitrogens with one attached hydrogen (secondary N) is 1. The molecule has 1 aromatic rings. The molecule has 0 aliphatic carbocycles. The highest BCUT2D eigenvalue weighted by Gasteiger charge is 2.09. The maximum absolute atomic E-state index is 11.8. The molecule has 0 bridgehead atoms. The number of carbonyl (C=O) groups is 1. The van der Waals surface area contributed by atoms with Gasteiger partial charge in [-0.1, -0.05) is 13.8 Å². The summed E-state index contributed by atoms with van der Waals surface area (Å²) in [4.78, 5) is 23.4. The van der Waals surface area contributed by atoms with Crippen LogP contribution in [-0.4, -0.2) is 35.9 Å². The second-order valence-electron chi connectivity index (χ2n) is 4.74. The lowest BCUT2D eigenvalue weighted by atomic mass is 10.2. The molecule has 0 fully saturated rings. The molecule has 1 amide bonds. The summed E-state index contributed by atoms with van der Waals surface area (Å²) in [6.07, 6.45) is 0.744. The Balaban J connectivity index is 2.67. The molecular formula is C13H21N3O3. The maximum Gasteiger partial charge on any atom is 0.271 e. The summed E-state index contributed by atoms with van der Waals surface area (Å²) < 4.78 is 6.22. The Bertz CT molecular complexity index is 468. The maximum atomic E-state index is 11.8. The van der Waals surface area contributed by atoms with Crippen LogP contribution < -0.4 is 10.9 Å².